The van der Waals surface area contributed by atoms with Crippen LogP contribution in [0.4, 0.5) is 24.7 Å². The summed E-state index contributed by atoms with van der Waals surface area (Å²) in [5.74, 6) is 0.556. The molecule has 29 heavy (non-hydrogen) atoms. The fraction of sp³-hybridized carbons (Fsp3) is 0.150. The summed E-state index contributed by atoms with van der Waals surface area (Å²) in [6.07, 6.45) is 2.15. The SMILES string of the molecule is C/C=C\c1ncnc(Nc2cnc(Oc3cccc(C(F)(F)F)c3)c(Cl)c2)c1C. The van der Waals surface area contributed by atoms with Crippen molar-refractivity contribution in [3.05, 3.63) is 70.8 Å². The van der Waals surface area contributed by atoms with E-state index in [2.05, 4.69) is 20.3 Å². The van der Waals surface area contributed by atoms with Crippen LogP contribution in [-0.4, -0.2) is 15.0 Å². The largest absolute Gasteiger partial charge is 0.438 e. The molecular formula is C20H16ClF3N4O. The van der Waals surface area contributed by atoms with Crippen molar-refractivity contribution in [1.29, 1.82) is 0 Å². The Bertz CT molecular complexity index is 1050. The summed E-state index contributed by atoms with van der Waals surface area (Å²) in [6.45, 7) is 3.76. The van der Waals surface area contributed by atoms with Crippen LogP contribution >= 0.6 is 11.6 Å². The average molecular weight is 421 g/mol. The fourth-order valence-electron chi connectivity index (χ4n) is 2.47. The fourth-order valence-corrected chi connectivity index (χ4v) is 2.67. The number of pyridine rings is 1. The number of hydrogen-bond donors (Lipinski definition) is 1. The van der Waals surface area contributed by atoms with Gasteiger partial charge in [-0.05, 0) is 44.2 Å². The van der Waals surface area contributed by atoms with Gasteiger partial charge in [0, 0.05) is 5.56 Å². The second kappa shape index (κ2) is 8.48. The van der Waals surface area contributed by atoms with E-state index in [1.807, 2.05) is 26.0 Å². The molecule has 0 radical (unpaired) electrons. The summed E-state index contributed by atoms with van der Waals surface area (Å²) in [5.41, 5.74) is 1.33. The van der Waals surface area contributed by atoms with E-state index >= 15 is 0 Å². The third-order valence-electron chi connectivity index (χ3n) is 3.89. The van der Waals surface area contributed by atoms with Gasteiger partial charge in [0.15, 0.2) is 0 Å². The molecule has 0 spiro atoms. The summed E-state index contributed by atoms with van der Waals surface area (Å²) in [4.78, 5) is 12.5. The topological polar surface area (TPSA) is 59.9 Å². The van der Waals surface area contributed by atoms with Crippen LogP contribution in [0.5, 0.6) is 11.6 Å². The lowest BCUT2D eigenvalue weighted by molar-refractivity contribution is -0.137. The third kappa shape index (κ3) is 5.03. The number of ether oxygens (including phenoxy) is 1. The molecule has 1 N–H and O–H groups in total. The molecule has 0 bridgehead atoms. The van der Waals surface area contributed by atoms with Crippen LogP contribution in [-0.2, 0) is 6.18 Å². The highest BCUT2D eigenvalue weighted by atomic mass is 35.5. The molecule has 0 saturated carbocycles. The Hall–Kier alpha value is -3.13. The molecular weight excluding hydrogens is 405 g/mol. The van der Waals surface area contributed by atoms with Gasteiger partial charge in [0.1, 0.15) is 22.9 Å². The Kier molecular flexibility index (Phi) is 6.03. The molecule has 1 aromatic carbocycles. The summed E-state index contributed by atoms with van der Waals surface area (Å²) in [6, 6.07) is 6.04. The summed E-state index contributed by atoms with van der Waals surface area (Å²) >= 11 is 6.20. The minimum Gasteiger partial charge on any atom is -0.438 e. The lowest BCUT2D eigenvalue weighted by Crippen LogP contribution is -2.04. The zero-order valence-corrected chi connectivity index (χ0v) is 16.2. The highest BCUT2D eigenvalue weighted by Crippen LogP contribution is 2.34. The zero-order valence-electron chi connectivity index (χ0n) is 15.5. The van der Waals surface area contributed by atoms with E-state index in [0.29, 0.717) is 11.5 Å². The Labute approximate surface area is 170 Å². The highest BCUT2D eigenvalue weighted by molar-refractivity contribution is 6.32. The molecule has 0 aliphatic rings. The maximum Gasteiger partial charge on any atom is 0.416 e. The number of rotatable bonds is 5. The van der Waals surface area contributed by atoms with Crippen LogP contribution in [0.25, 0.3) is 6.08 Å². The van der Waals surface area contributed by atoms with Crippen LogP contribution in [0.15, 0.2) is 48.9 Å². The zero-order chi connectivity index (χ0) is 21.0. The maximum atomic E-state index is 12.8. The van der Waals surface area contributed by atoms with Crippen molar-refractivity contribution in [2.24, 2.45) is 0 Å². The van der Waals surface area contributed by atoms with Gasteiger partial charge in [-0.1, -0.05) is 23.7 Å². The van der Waals surface area contributed by atoms with Gasteiger partial charge in [0.25, 0.3) is 0 Å². The van der Waals surface area contributed by atoms with Crippen LogP contribution in [0.1, 0.15) is 23.7 Å². The number of benzene rings is 1. The van der Waals surface area contributed by atoms with E-state index < -0.39 is 11.7 Å². The number of hydrogen-bond acceptors (Lipinski definition) is 5. The van der Waals surface area contributed by atoms with E-state index in [0.717, 1.165) is 23.4 Å². The van der Waals surface area contributed by atoms with Crippen LogP contribution < -0.4 is 10.1 Å². The molecule has 9 heteroatoms. The molecule has 0 saturated heterocycles. The number of halogens is 4. The van der Waals surface area contributed by atoms with Crippen molar-refractivity contribution in [3.8, 4) is 11.6 Å². The van der Waals surface area contributed by atoms with Crippen LogP contribution in [0.3, 0.4) is 0 Å². The first-order chi connectivity index (χ1) is 13.8. The lowest BCUT2D eigenvalue weighted by Gasteiger charge is -2.12. The summed E-state index contributed by atoms with van der Waals surface area (Å²) < 4.78 is 43.9. The molecule has 0 amide bonds. The monoisotopic (exact) mass is 420 g/mol. The van der Waals surface area contributed by atoms with Crippen LogP contribution in [0.2, 0.25) is 5.02 Å². The quantitative estimate of drug-likeness (QED) is 0.516. The van der Waals surface area contributed by atoms with E-state index in [-0.39, 0.29) is 16.7 Å². The Morgan fingerprint density at radius 1 is 1.14 bits per heavy atom. The van der Waals surface area contributed by atoms with Gasteiger partial charge >= 0.3 is 6.18 Å². The normalized spacial score (nSPS) is 11.7. The van der Waals surface area contributed by atoms with E-state index in [9.17, 15) is 13.2 Å². The van der Waals surface area contributed by atoms with E-state index in [1.54, 1.807) is 6.07 Å². The molecule has 150 valence electrons. The maximum absolute atomic E-state index is 12.8. The van der Waals surface area contributed by atoms with Crippen molar-refractivity contribution in [1.82, 2.24) is 15.0 Å². The highest BCUT2D eigenvalue weighted by Gasteiger charge is 2.30. The smallest absolute Gasteiger partial charge is 0.416 e. The van der Waals surface area contributed by atoms with Crippen molar-refractivity contribution < 1.29 is 17.9 Å². The Morgan fingerprint density at radius 3 is 2.62 bits per heavy atom. The number of nitrogens with one attached hydrogen (secondary N) is 1. The van der Waals surface area contributed by atoms with Gasteiger partial charge in [0.2, 0.25) is 5.88 Å². The second-order valence-corrected chi connectivity index (χ2v) is 6.40. The average Bonchev–Trinajstić information content (AvgIpc) is 2.67. The van der Waals surface area contributed by atoms with Crippen molar-refractivity contribution in [3.63, 3.8) is 0 Å². The Balaban J connectivity index is 1.80. The minimum absolute atomic E-state index is 0.00874. The molecule has 3 aromatic rings. The molecule has 3 rings (SSSR count). The number of aromatic nitrogens is 3. The van der Waals surface area contributed by atoms with Gasteiger partial charge in [-0.3, -0.25) is 0 Å². The number of nitrogens with zero attached hydrogens (tertiary/aromatic N) is 3. The Morgan fingerprint density at radius 2 is 1.93 bits per heavy atom. The molecule has 0 fully saturated rings. The molecule has 0 atom stereocenters. The van der Waals surface area contributed by atoms with Gasteiger partial charge in [-0.25, -0.2) is 15.0 Å². The van der Waals surface area contributed by atoms with Gasteiger partial charge in [-0.15, -0.1) is 0 Å². The number of anilines is 2. The molecule has 0 aliphatic heterocycles. The second-order valence-electron chi connectivity index (χ2n) is 6.00. The molecule has 2 heterocycles. The predicted octanol–water partition coefficient (Wildman–Crippen LogP) is 6.42. The molecule has 0 unspecified atom stereocenters. The van der Waals surface area contributed by atoms with Crippen molar-refractivity contribution in [2.75, 3.05) is 5.32 Å². The van der Waals surface area contributed by atoms with Crippen molar-refractivity contribution >= 4 is 29.2 Å². The molecule has 5 nitrogen and oxygen atoms in total. The van der Waals surface area contributed by atoms with Gasteiger partial charge in [-0.2, -0.15) is 13.2 Å². The van der Waals surface area contributed by atoms with Gasteiger partial charge < -0.3 is 10.1 Å². The summed E-state index contributed by atoms with van der Waals surface area (Å²) in [7, 11) is 0. The van der Waals surface area contributed by atoms with Crippen molar-refractivity contribution in [2.45, 2.75) is 20.0 Å². The first kappa shape index (κ1) is 20.6. The minimum atomic E-state index is -4.47. The van der Waals surface area contributed by atoms with E-state index in [4.69, 9.17) is 16.3 Å². The van der Waals surface area contributed by atoms with E-state index in [1.165, 1.54) is 24.7 Å². The van der Waals surface area contributed by atoms with Gasteiger partial charge in [0.05, 0.1) is 23.1 Å². The predicted molar refractivity (Wildman–Crippen MR) is 106 cm³/mol. The third-order valence-corrected chi connectivity index (χ3v) is 4.16. The first-order valence-corrected chi connectivity index (χ1v) is 8.87. The molecule has 2 aromatic heterocycles. The van der Waals surface area contributed by atoms with Crippen LogP contribution in [0, 0.1) is 6.92 Å². The number of alkyl halides is 3. The lowest BCUT2D eigenvalue weighted by atomic mass is 10.2. The first-order valence-electron chi connectivity index (χ1n) is 8.50. The summed E-state index contributed by atoms with van der Waals surface area (Å²) in [5, 5.41) is 3.23. The number of allylic oxidation sites excluding steroid dienone is 1. The standard InChI is InChI=1S/C20H16ClF3N4O/c1-3-5-17-12(2)18(27-11-26-17)28-14-9-16(21)19(25-10-14)29-15-7-4-6-13(8-15)20(22,23)24/h3-11H,1-2H3,(H,26,27,28)/b5-3-. The molecule has 0 aliphatic carbocycles.